The summed E-state index contributed by atoms with van der Waals surface area (Å²) in [5, 5.41) is 6.85. The van der Waals surface area contributed by atoms with E-state index in [0.29, 0.717) is 28.7 Å². The fourth-order valence-corrected chi connectivity index (χ4v) is 11.7. The monoisotopic (exact) mass is 733 g/mol. The van der Waals surface area contributed by atoms with Crippen LogP contribution >= 0.6 is 0 Å². The van der Waals surface area contributed by atoms with Crippen molar-refractivity contribution in [3.05, 3.63) is 163 Å². The summed E-state index contributed by atoms with van der Waals surface area (Å²) in [5.74, 6) is 4.48. The van der Waals surface area contributed by atoms with Crippen LogP contribution in [-0.2, 0) is 5.41 Å². The van der Waals surface area contributed by atoms with Gasteiger partial charge in [0.1, 0.15) is 0 Å². The Kier molecular flexibility index (Phi) is 7.11. The van der Waals surface area contributed by atoms with E-state index >= 15 is 0 Å². The molecule has 0 aliphatic heterocycles. The second-order valence-corrected chi connectivity index (χ2v) is 16.9. The topological polar surface area (TPSA) is 48.0 Å². The SMILES string of the molecule is [C-]#[N+]c1ccc(-c2nc(-c3c4ccccc4c(-c4ccc(C56CC7CC(CC(C7)C5)C6)cc4)c4ccccc34)nc(-n3c4ccccc4c4ccccc43)n2)cc1. The van der Waals surface area contributed by atoms with E-state index in [4.69, 9.17) is 21.5 Å². The molecule has 0 unspecified atom stereocenters. The Hall–Kier alpha value is -6.64. The summed E-state index contributed by atoms with van der Waals surface area (Å²) in [6.07, 6.45) is 8.48. The molecule has 272 valence electrons. The molecule has 4 saturated carbocycles. The molecule has 0 saturated heterocycles. The van der Waals surface area contributed by atoms with E-state index in [0.717, 1.165) is 61.5 Å². The van der Waals surface area contributed by atoms with Crippen molar-refractivity contribution in [3.8, 4) is 39.9 Å². The van der Waals surface area contributed by atoms with Crippen LogP contribution in [0.3, 0.4) is 0 Å². The summed E-state index contributed by atoms with van der Waals surface area (Å²) in [4.78, 5) is 19.5. The predicted octanol–water partition coefficient (Wildman–Crippen LogP) is 13.3. The van der Waals surface area contributed by atoms with Crippen LogP contribution in [-0.4, -0.2) is 19.5 Å². The molecule has 57 heavy (non-hydrogen) atoms. The van der Waals surface area contributed by atoms with E-state index in [1.54, 1.807) is 5.56 Å². The van der Waals surface area contributed by atoms with Gasteiger partial charge in [-0.15, -0.1) is 0 Å². The maximum absolute atomic E-state index is 7.55. The second kappa shape index (κ2) is 12.4. The molecule has 5 heteroatoms. The molecule has 0 spiro atoms. The van der Waals surface area contributed by atoms with Crippen molar-refractivity contribution in [2.24, 2.45) is 17.8 Å². The lowest BCUT2D eigenvalue weighted by molar-refractivity contribution is -0.00518. The fourth-order valence-electron chi connectivity index (χ4n) is 11.7. The third kappa shape index (κ3) is 5.03. The molecule has 13 rings (SSSR count). The minimum absolute atomic E-state index is 0.363. The Morgan fingerprint density at radius 3 is 1.46 bits per heavy atom. The summed E-state index contributed by atoms with van der Waals surface area (Å²) < 4.78 is 2.16. The molecule has 0 N–H and O–H groups in total. The first-order valence-corrected chi connectivity index (χ1v) is 20.4. The van der Waals surface area contributed by atoms with Crippen molar-refractivity contribution in [2.75, 3.05) is 0 Å². The summed E-state index contributed by atoms with van der Waals surface area (Å²) in [6.45, 7) is 7.55. The zero-order chi connectivity index (χ0) is 37.7. The fraction of sp³-hybridized carbons (Fsp3) is 0.192. The molecular formula is C52H39N5. The Morgan fingerprint density at radius 1 is 0.474 bits per heavy atom. The average Bonchev–Trinajstić information content (AvgIpc) is 3.59. The molecule has 0 radical (unpaired) electrons. The van der Waals surface area contributed by atoms with Crippen molar-refractivity contribution in [1.82, 2.24) is 19.5 Å². The molecule has 4 fully saturated rings. The van der Waals surface area contributed by atoms with Crippen molar-refractivity contribution < 1.29 is 0 Å². The highest BCUT2D eigenvalue weighted by atomic mass is 15.2. The molecule has 7 aromatic carbocycles. The van der Waals surface area contributed by atoms with E-state index in [9.17, 15) is 0 Å². The summed E-state index contributed by atoms with van der Waals surface area (Å²) in [7, 11) is 0. The highest BCUT2D eigenvalue weighted by Gasteiger charge is 2.51. The van der Waals surface area contributed by atoms with Gasteiger partial charge in [-0.05, 0) is 112 Å². The minimum Gasteiger partial charge on any atom is -0.278 e. The normalized spacial score (nSPS) is 21.1. The lowest BCUT2D eigenvalue weighted by atomic mass is 9.48. The largest absolute Gasteiger partial charge is 0.278 e. The first kappa shape index (κ1) is 32.6. The van der Waals surface area contributed by atoms with Crippen LogP contribution < -0.4 is 0 Å². The molecule has 9 aromatic rings. The Bertz CT molecular complexity index is 2970. The van der Waals surface area contributed by atoms with E-state index in [2.05, 4.69) is 131 Å². The van der Waals surface area contributed by atoms with E-state index in [1.807, 2.05) is 24.3 Å². The maximum atomic E-state index is 7.55. The van der Waals surface area contributed by atoms with Gasteiger partial charge in [-0.1, -0.05) is 133 Å². The summed E-state index contributed by atoms with van der Waals surface area (Å²) >= 11 is 0. The van der Waals surface area contributed by atoms with Gasteiger partial charge in [0.2, 0.25) is 5.95 Å². The first-order valence-electron chi connectivity index (χ1n) is 20.4. The van der Waals surface area contributed by atoms with Crippen LogP contribution in [0.4, 0.5) is 5.69 Å². The van der Waals surface area contributed by atoms with E-state index in [1.165, 1.54) is 60.4 Å². The van der Waals surface area contributed by atoms with Crippen LogP contribution in [0.25, 0.3) is 88.0 Å². The van der Waals surface area contributed by atoms with Crippen LogP contribution in [0.1, 0.15) is 44.1 Å². The zero-order valence-electron chi connectivity index (χ0n) is 31.6. The van der Waals surface area contributed by atoms with Gasteiger partial charge in [-0.25, -0.2) is 9.83 Å². The van der Waals surface area contributed by atoms with Crippen molar-refractivity contribution >= 4 is 49.0 Å². The third-order valence-corrected chi connectivity index (χ3v) is 13.6. The van der Waals surface area contributed by atoms with Crippen molar-refractivity contribution in [1.29, 1.82) is 0 Å². The van der Waals surface area contributed by atoms with Gasteiger partial charge >= 0.3 is 0 Å². The number of aromatic nitrogens is 4. The van der Waals surface area contributed by atoms with E-state index < -0.39 is 0 Å². The number of fused-ring (bicyclic) bond motifs is 5. The maximum Gasteiger partial charge on any atom is 0.238 e. The van der Waals surface area contributed by atoms with Gasteiger partial charge in [-0.3, -0.25) is 4.57 Å². The zero-order valence-corrected chi connectivity index (χ0v) is 31.6. The van der Waals surface area contributed by atoms with Crippen molar-refractivity contribution in [2.45, 2.75) is 43.9 Å². The van der Waals surface area contributed by atoms with Gasteiger partial charge in [0, 0.05) is 21.9 Å². The van der Waals surface area contributed by atoms with Crippen LogP contribution in [0.15, 0.2) is 146 Å². The number of benzene rings is 7. The predicted molar refractivity (Wildman–Crippen MR) is 232 cm³/mol. The van der Waals surface area contributed by atoms with Gasteiger partial charge in [0.05, 0.1) is 17.6 Å². The summed E-state index contributed by atoms with van der Waals surface area (Å²) in [5.41, 5.74) is 8.86. The number of nitrogens with zero attached hydrogens (tertiary/aromatic N) is 5. The molecule has 4 aliphatic carbocycles. The number of para-hydroxylation sites is 2. The quantitative estimate of drug-likeness (QED) is 0.131. The molecule has 4 bridgehead atoms. The highest BCUT2D eigenvalue weighted by molar-refractivity contribution is 6.21. The third-order valence-electron chi connectivity index (χ3n) is 13.6. The average molecular weight is 734 g/mol. The molecule has 0 atom stereocenters. The van der Waals surface area contributed by atoms with Crippen molar-refractivity contribution in [3.63, 3.8) is 0 Å². The number of hydrogen-bond donors (Lipinski definition) is 0. The standard InChI is InChI=1S/C52H39N5/c1-53-38-24-20-36(21-25-38)49-54-50(56-51(55-49)57-45-16-8-6-10-39(45)40-11-7-9-17-46(40)57)48-43-14-4-2-12-41(43)47(42-13-3-5-15-44(42)48)35-18-22-37(23-19-35)52-29-32-26-33(30-52)28-34(27-32)31-52/h2-25,32-34H,26-31H2. The van der Waals surface area contributed by atoms with Crippen LogP contribution in [0.2, 0.25) is 0 Å². The van der Waals surface area contributed by atoms with Crippen LogP contribution in [0, 0.1) is 24.3 Å². The smallest absolute Gasteiger partial charge is 0.238 e. The second-order valence-electron chi connectivity index (χ2n) is 16.9. The van der Waals surface area contributed by atoms with E-state index in [-0.39, 0.29) is 0 Å². The molecule has 0 amide bonds. The molecule has 4 aliphatic rings. The lowest BCUT2D eigenvalue weighted by Crippen LogP contribution is -2.48. The van der Waals surface area contributed by atoms with Gasteiger partial charge in [0.15, 0.2) is 17.3 Å². The van der Waals surface area contributed by atoms with Crippen LogP contribution in [0.5, 0.6) is 0 Å². The molecule has 2 heterocycles. The highest BCUT2D eigenvalue weighted by Crippen LogP contribution is 2.61. The lowest BCUT2D eigenvalue weighted by Gasteiger charge is -2.57. The Balaban J connectivity index is 1.08. The Morgan fingerprint density at radius 2 is 0.930 bits per heavy atom. The Labute approximate surface area is 331 Å². The molecule has 5 nitrogen and oxygen atoms in total. The minimum atomic E-state index is 0.363. The first-order chi connectivity index (χ1) is 28.1. The summed E-state index contributed by atoms with van der Waals surface area (Å²) in [6, 6.07) is 51.7. The van der Waals surface area contributed by atoms with Gasteiger partial charge in [0.25, 0.3) is 0 Å². The number of rotatable bonds is 5. The van der Waals surface area contributed by atoms with Gasteiger partial charge < -0.3 is 0 Å². The van der Waals surface area contributed by atoms with Gasteiger partial charge in [-0.2, -0.15) is 9.97 Å². The molecule has 2 aromatic heterocycles. The number of hydrogen-bond acceptors (Lipinski definition) is 3. The molecular weight excluding hydrogens is 695 g/mol.